The molecule has 0 fully saturated rings. The van der Waals surface area contributed by atoms with E-state index in [9.17, 15) is 0 Å². The molecule has 0 saturated carbocycles. The molecule has 0 heterocycles. The van der Waals surface area contributed by atoms with Crippen molar-refractivity contribution in [2.24, 2.45) is 5.73 Å². The van der Waals surface area contributed by atoms with Gasteiger partial charge in [0, 0.05) is 24.3 Å². The van der Waals surface area contributed by atoms with E-state index in [1.807, 2.05) is 12.1 Å². The molecule has 0 saturated heterocycles. The van der Waals surface area contributed by atoms with E-state index < -0.39 is 0 Å². The summed E-state index contributed by atoms with van der Waals surface area (Å²) in [6.45, 7) is 8.37. The lowest BCUT2D eigenvalue weighted by Crippen LogP contribution is -2.27. The van der Waals surface area contributed by atoms with Crippen LogP contribution in [0.2, 0.25) is 0 Å². The first-order valence-corrected chi connectivity index (χ1v) is 6.30. The average molecular weight is 233 g/mol. The van der Waals surface area contributed by atoms with E-state index in [2.05, 4.69) is 31.7 Å². The van der Waals surface area contributed by atoms with Crippen molar-refractivity contribution in [3.05, 3.63) is 29.3 Å². The number of anilines is 1. The van der Waals surface area contributed by atoms with Gasteiger partial charge in [0.2, 0.25) is 0 Å². The highest BCUT2D eigenvalue weighted by Crippen LogP contribution is 2.22. The number of amidine groups is 1. The van der Waals surface area contributed by atoms with Crippen molar-refractivity contribution in [3.8, 4) is 0 Å². The predicted molar refractivity (Wildman–Crippen MR) is 75.0 cm³/mol. The van der Waals surface area contributed by atoms with Crippen molar-refractivity contribution in [3.63, 3.8) is 0 Å². The molecule has 0 atom stereocenters. The van der Waals surface area contributed by atoms with Crippen LogP contribution in [-0.2, 0) is 0 Å². The standard InChI is InChI=1S/C14H23N3/c1-4-6-9-17(5-2)13-10-11(3)7-8-12(13)14(15)16/h7-8,10H,4-6,9H2,1-3H3,(H3,15,16). The highest BCUT2D eigenvalue weighted by atomic mass is 15.1. The zero-order valence-electron chi connectivity index (χ0n) is 11.1. The van der Waals surface area contributed by atoms with Crippen LogP contribution in [-0.4, -0.2) is 18.9 Å². The van der Waals surface area contributed by atoms with Crippen LogP contribution in [0.1, 0.15) is 37.8 Å². The van der Waals surface area contributed by atoms with Crippen LogP contribution in [0.3, 0.4) is 0 Å². The number of benzene rings is 1. The number of aryl methyl sites for hydroxylation is 1. The molecule has 0 unspecified atom stereocenters. The summed E-state index contributed by atoms with van der Waals surface area (Å²) in [6, 6.07) is 6.07. The smallest absolute Gasteiger partial charge is 0.124 e. The van der Waals surface area contributed by atoms with Crippen molar-refractivity contribution in [2.45, 2.75) is 33.6 Å². The first kappa shape index (κ1) is 13.6. The Morgan fingerprint density at radius 2 is 2.06 bits per heavy atom. The van der Waals surface area contributed by atoms with Gasteiger partial charge in [-0.1, -0.05) is 19.4 Å². The quantitative estimate of drug-likeness (QED) is 0.586. The third kappa shape index (κ3) is 3.48. The Labute approximate surface area is 104 Å². The average Bonchev–Trinajstić information content (AvgIpc) is 2.29. The fraction of sp³-hybridized carbons (Fsp3) is 0.500. The van der Waals surface area contributed by atoms with Gasteiger partial charge in [0.25, 0.3) is 0 Å². The third-order valence-corrected chi connectivity index (χ3v) is 2.95. The SMILES string of the molecule is CCCCN(CC)c1cc(C)ccc1C(=N)N. The second-order valence-corrected chi connectivity index (χ2v) is 4.37. The fourth-order valence-electron chi connectivity index (χ4n) is 1.93. The van der Waals surface area contributed by atoms with Crippen molar-refractivity contribution in [1.82, 2.24) is 0 Å². The first-order valence-electron chi connectivity index (χ1n) is 6.30. The maximum absolute atomic E-state index is 7.64. The summed E-state index contributed by atoms with van der Waals surface area (Å²) < 4.78 is 0. The number of nitrogens with zero attached hydrogens (tertiary/aromatic N) is 1. The minimum atomic E-state index is 0.148. The molecule has 94 valence electrons. The summed E-state index contributed by atoms with van der Waals surface area (Å²) >= 11 is 0. The molecule has 0 aliphatic rings. The van der Waals surface area contributed by atoms with Crippen molar-refractivity contribution < 1.29 is 0 Å². The van der Waals surface area contributed by atoms with E-state index in [-0.39, 0.29) is 5.84 Å². The topological polar surface area (TPSA) is 53.1 Å². The summed E-state index contributed by atoms with van der Waals surface area (Å²) in [6.07, 6.45) is 2.34. The van der Waals surface area contributed by atoms with Gasteiger partial charge in [0.05, 0.1) is 0 Å². The maximum Gasteiger partial charge on any atom is 0.124 e. The Morgan fingerprint density at radius 3 is 2.59 bits per heavy atom. The first-order chi connectivity index (χ1) is 8.10. The van der Waals surface area contributed by atoms with E-state index in [1.54, 1.807) is 0 Å². The Hall–Kier alpha value is -1.51. The summed E-state index contributed by atoms with van der Waals surface area (Å²) in [4.78, 5) is 2.30. The zero-order chi connectivity index (χ0) is 12.8. The summed E-state index contributed by atoms with van der Waals surface area (Å²) in [7, 11) is 0. The van der Waals surface area contributed by atoms with Crippen LogP contribution in [0.25, 0.3) is 0 Å². The lowest BCUT2D eigenvalue weighted by Gasteiger charge is -2.25. The molecule has 0 aliphatic heterocycles. The molecule has 0 amide bonds. The lowest BCUT2D eigenvalue weighted by atomic mass is 10.1. The number of unbranched alkanes of at least 4 members (excludes halogenated alkanes) is 1. The van der Waals surface area contributed by atoms with Crippen molar-refractivity contribution >= 4 is 11.5 Å². The van der Waals surface area contributed by atoms with Crippen molar-refractivity contribution in [2.75, 3.05) is 18.0 Å². The minimum absolute atomic E-state index is 0.148. The molecular weight excluding hydrogens is 210 g/mol. The van der Waals surface area contributed by atoms with E-state index in [0.717, 1.165) is 24.3 Å². The van der Waals surface area contributed by atoms with Gasteiger partial charge in [-0.3, -0.25) is 5.41 Å². The van der Waals surface area contributed by atoms with Gasteiger partial charge in [0.15, 0.2) is 0 Å². The maximum atomic E-state index is 7.64. The highest BCUT2D eigenvalue weighted by molar-refractivity contribution is 6.00. The molecule has 1 aromatic carbocycles. The minimum Gasteiger partial charge on any atom is -0.384 e. The van der Waals surface area contributed by atoms with Gasteiger partial charge in [0.1, 0.15) is 5.84 Å². The van der Waals surface area contributed by atoms with E-state index >= 15 is 0 Å². The van der Waals surface area contributed by atoms with Crippen LogP contribution >= 0.6 is 0 Å². The third-order valence-electron chi connectivity index (χ3n) is 2.95. The summed E-state index contributed by atoms with van der Waals surface area (Å²) in [5, 5.41) is 7.64. The van der Waals surface area contributed by atoms with Crippen molar-refractivity contribution in [1.29, 1.82) is 5.41 Å². The number of rotatable bonds is 6. The molecular formula is C14H23N3. The van der Waals surface area contributed by atoms with Gasteiger partial charge < -0.3 is 10.6 Å². The Kier molecular flexibility index (Phi) is 5.01. The number of nitrogen functional groups attached to an aromatic ring is 1. The molecule has 0 spiro atoms. The molecule has 1 aromatic rings. The molecule has 3 nitrogen and oxygen atoms in total. The molecule has 17 heavy (non-hydrogen) atoms. The number of hydrogen-bond donors (Lipinski definition) is 2. The van der Waals surface area contributed by atoms with Gasteiger partial charge in [-0.25, -0.2) is 0 Å². The molecule has 0 radical (unpaired) electrons. The second-order valence-electron chi connectivity index (χ2n) is 4.37. The van der Waals surface area contributed by atoms with Crippen LogP contribution in [0.4, 0.5) is 5.69 Å². The van der Waals surface area contributed by atoms with E-state index in [4.69, 9.17) is 11.1 Å². The monoisotopic (exact) mass is 233 g/mol. The summed E-state index contributed by atoms with van der Waals surface area (Å²) in [5.41, 5.74) is 8.78. The fourth-order valence-corrected chi connectivity index (χ4v) is 1.93. The molecule has 3 heteroatoms. The predicted octanol–water partition coefficient (Wildman–Crippen LogP) is 2.91. The van der Waals surface area contributed by atoms with Crippen LogP contribution < -0.4 is 10.6 Å². The van der Waals surface area contributed by atoms with Gasteiger partial charge in [-0.15, -0.1) is 0 Å². The van der Waals surface area contributed by atoms with Gasteiger partial charge in [-0.2, -0.15) is 0 Å². The zero-order valence-corrected chi connectivity index (χ0v) is 11.1. The highest BCUT2D eigenvalue weighted by Gasteiger charge is 2.11. The van der Waals surface area contributed by atoms with Crippen LogP contribution in [0.15, 0.2) is 18.2 Å². The van der Waals surface area contributed by atoms with Crippen LogP contribution in [0, 0.1) is 12.3 Å². The van der Waals surface area contributed by atoms with Crippen LogP contribution in [0.5, 0.6) is 0 Å². The number of nitrogens with two attached hydrogens (primary N) is 1. The van der Waals surface area contributed by atoms with E-state index in [1.165, 1.54) is 18.4 Å². The Bertz CT molecular complexity index is 385. The summed E-state index contributed by atoms with van der Waals surface area (Å²) in [5.74, 6) is 0.148. The van der Waals surface area contributed by atoms with Gasteiger partial charge >= 0.3 is 0 Å². The molecule has 3 N–H and O–H groups in total. The number of hydrogen-bond acceptors (Lipinski definition) is 2. The molecule has 1 rings (SSSR count). The normalized spacial score (nSPS) is 10.3. The second kappa shape index (κ2) is 6.28. The molecule has 0 bridgehead atoms. The lowest BCUT2D eigenvalue weighted by molar-refractivity contribution is 0.731. The molecule has 0 aromatic heterocycles. The molecule has 0 aliphatic carbocycles. The largest absolute Gasteiger partial charge is 0.384 e. The van der Waals surface area contributed by atoms with Gasteiger partial charge in [-0.05, 0) is 38.0 Å². The van der Waals surface area contributed by atoms with E-state index in [0.29, 0.717) is 0 Å². The Morgan fingerprint density at radius 1 is 1.35 bits per heavy atom. The number of nitrogens with one attached hydrogen (secondary N) is 1. The Balaban J connectivity index is 3.06.